The first-order chi connectivity index (χ1) is 13.0. The van der Waals surface area contributed by atoms with E-state index in [1.807, 2.05) is 19.9 Å². The van der Waals surface area contributed by atoms with Crippen LogP contribution in [-0.4, -0.2) is 36.7 Å². The molecule has 1 unspecified atom stereocenters. The molecule has 3 rings (SSSR count). The molecular weight excluding hydrogens is 346 g/mol. The van der Waals surface area contributed by atoms with Crippen LogP contribution in [0.4, 0.5) is 0 Å². The average molecular weight is 371 g/mol. The molecule has 1 aromatic carbocycles. The molecule has 0 fully saturated rings. The van der Waals surface area contributed by atoms with Gasteiger partial charge >= 0.3 is 5.97 Å². The van der Waals surface area contributed by atoms with E-state index in [4.69, 9.17) is 9.47 Å². The molecule has 144 valence electrons. The van der Waals surface area contributed by atoms with Crippen LogP contribution in [0.15, 0.2) is 46.8 Å². The number of hydrogen-bond acceptors (Lipinski definition) is 6. The van der Waals surface area contributed by atoms with Gasteiger partial charge in [0.2, 0.25) is 0 Å². The van der Waals surface area contributed by atoms with Gasteiger partial charge in [-0.25, -0.2) is 4.79 Å². The van der Waals surface area contributed by atoms with Crippen molar-refractivity contribution in [2.24, 2.45) is 0 Å². The summed E-state index contributed by atoms with van der Waals surface area (Å²) in [6.07, 6.45) is 2.01. The van der Waals surface area contributed by atoms with Crippen LogP contribution in [-0.2, 0) is 19.1 Å². The van der Waals surface area contributed by atoms with Crippen molar-refractivity contribution in [3.8, 4) is 5.75 Å². The monoisotopic (exact) mass is 371 g/mol. The molecule has 0 aromatic heterocycles. The number of ketones is 1. The zero-order valence-electron chi connectivity index (χ0n) is 15.7. The fourth-order valence-electron chi connectivity index (χ4n) is 3.71. The zero-order valence-corrected chi connectivity index (χ0v) is 15.7. The molecule has 0 bridgehead atoms. The van der Waals surface area contributed by atoms with Gasteiger partial charge < -0.3 is 19.9 Å². The Hall–Kier alpha value is -2.60. The first-order valence-corrected chi connectivity index (χ1v) is 9.30. The van der Waals surface area contributed by atoms with E-state index < -0.39 is 11.9 Å². The summed E-state index contributed by atoms with van der Waals surface area (Å²) in [5, 5.41) is 13.2. The molecule has 6 nitrogen and oxygen atoms in total. The van der Waals surface area contributed by atoms with Crippen molar-refractivity contribution in [2.75, 3.05) is 19.8 Å². The summed E-state index contributed by atoms with van der Waals surface area (Å²) in [6, 6.07) is 6.71. The first-order valence-electron chi connectivity index (χ1n) is 9.30. The van der Waals surface area contributed by atoms with Crippen molar-refractivity contribution in [3.63, 3.8) is 0 Å². The number of carbonyl (C=O) groups excluding carboxylic acids is 2. The summed E-state index contributed by atoms with van der Waals surface area (Å²) < 4.78 is 10.6. The molecule has 0 saturated heterocycles. The Balaban J connectivity index is 1.99. The van der Waals surface area contributed by atoms with Gasteiger partial charge in [0.05, 0.1) is 12.2 Å². The van der Waals surface area contributed by atoms with Crippen LogP contribution in [0.5, 0.6) is 5.75 Å². The maximum atomic E-state index is 12.8. The third kappa shape index (κ3) is 4.06. The van der Waals surface area contributed by atoms with E-state index in [0.29, 0.717) is 42.0 Å². The Morgan fingerprint density at radius 1 is 1.30 bits per heavy atom. The molecule has 27 heavy (non-hydrogen) atoms. The Kier molecular flexibility index (Phi) is 5.96. The Bertz CT molecular complexity index is 809. The Morgan fingerprint density at radius 3 is 2.85 bits per heavy atom. The average Bonchev–Trinajstić information content (AvgIpc) is 2.64. The Morgan fingerprint density at radius 2 is 2.11 bits per heavy atom. The maximum absolute atomic E-state index is 12.8. The SMILES string of the molecule is CCOCCOC(=O)C1=C(C)NC2=C(C(=O)CCC2)C1c1cccc(O)c1. The predicted octanol–water partition coefficient (Wildman–Crippen LogP) is 2.94. The Labute approximate surface area is 158 Å². The number of esters is 1. The molecule has 1 aliphatic carbocycles. The number of carbonyl (C=O) groups is 2. The molecule has 0 radical (unpaired) electrons. The molecular formula is C21H25NO5. The molecule has 1 aliphatic heterocycles. The highest BCUT2D eigenvalue weighted by molar-refractivity contribution is 6.03. The minimum Gasteiger partial charge on any atom is -0.508 e. The smallest absolute Gasteiger partial charge is 0.336 e. The van der Waals surface area contributed by atoms with E-state index >= 15 is 0 Å². The van der Waals surface area contributed by atoms with Crippen molar-refractivity contribution in [2.45, 2.75) is 39.0 Å². The molecule has 1 heterocycles. The second-order valence-electron chi connectivity index (χ2n) is 6.69. The van der Waals surface area contributed by atoms with Gasteiger partial charge in [0.1, 0.15) is 12.4 Å². The summed E-state index contributed by atoms with van der Waals surface area (Å²) in [7, 11) is 0. The van der Waals surface area contributed by atoms with Gasteiger partial charge in [0.25, 0.3) is 0 Å². The fourth-order valence-corrected chi connectivity index (χ4v) is 3.71. The zero-order chi connectivity index (χ0) is 19.4. The van der Waals surface area contributed by atoms with Crippen molar-refractivity contribution < 1.29 is 24.2 Å². The number of Topliss-reactive ketones (excluding diaryl/α,β-unsaturated/α-hetero) is 1. The van der Waals surface area contributed by atoms with E-state index in [-0.39, 0.29) is 18.1 Å². The number of rotatable bonds is 6. The van der Waals surface area contributed by atoms with E-state index in [9.17, 15) is 14.7 Å². The summed E-state index contributed by atoms with van der Waals surface area (Å²) in [6.45, 7) is 4.72. The maximum Gasteiger partial charge on any atom is 0.336 e. The standard InChI is InChI=1S/C21H25NO5/c1-3-26-10-11-27-21(25)18-13(2)22-16-8-5-9-17(24)20(16)19(18)14-6-4-7-15(23)12-14/h4,6-7,12,19,22-23H,3,5,8-11H2,1-2H3. The lowest BCUT2D eigenvalue weighted by molar-refractivity contribution is -0.140. The van der Waals surface area contributed by atoms with Gasteiger partial charge in [-0.1, -0.05) is 12.1 Å². The van der Waals surface area contributed by atoms with Crippen LogP contribution in [0.2, 0.25) is 0 Å². The highest BCUT2D eigenvalue weighted by atomic mass is 16.6. The van der Waals surface area contributed by atoms with Crippen LogP contribution in [0, 0.1) is 0 Å². The van der Waals surface area contributed by atoms with E-state index in [1.54, 1.807) is 18.2 Å². The van der Waals surface area contributed by atoms with Crippen molar-refractivity contribution in [1.82, 2.24) is 5.32 Å². The number of phenols is 1. The van der Waals surface area contributed by atoms with Crippen molar-refractivity contribution >= 4 is 11.8 Å². The van der Waals surface area contributed by atoms with Crippen LogP contribution in [0.3, 0.4) is 0 Å². The number of dihydropyridines is 1. The fraction of sp³-hybridized carbons (Fsp3) is 0.429. The number of phenolic OH excluding ortho intramolecular Hbond substituents is 1. The lowest BCUT2D eigenvalue weighted by Gasteiger charge is -2.34. The molecule has 2 aliphatic rings. The quantitative estimate of drug-likeness (QED) is 0.591. The second kappa shape index (κ2) is 8.39. The topological polar surface area (TPSA) is 84.9 Å². The highest BCUT2D eigenvalue weighted by Crippen LogP contribution is 2.43. The molecule has 0 spiro atoms. The van der Waals surface area contributed by atoms with Gasteiger partial charge in [0.15, 0.2) is 5.78 Å². The third-order valence-electron chi connectivity index (χ3n) is 4.86. The summed E-state index contributed by atoms with van der Waals surface area (Å²) in [5.74, 6) is -0.888. The summed E-state index contributed by atoms with van der Waals surface area (Å²) >= 11 is 0. The van der Waals surface area contributed by atoms with Gasteiger partial charge in [-0.3, -0.25) is 4.79 Å². The highest BCUT2D eigenvalue weighted by Gasteiger charge is 2.39. The number of aromatic hydroxyl groups is 1. The van der Waals surface area contributed by atoms with E-state index in [2.05, 4.69) is 5.32 Å². The van der Waals surface area contributed by atoms with Gasteiger partial charge in [0, 0.05) is 35.9 Å². The van der Waals surface area contributed by atoms with Gasteiger partial charge in [-0.2, -0.15) is 0 Å². The molecule has 6 heteroatoms. The van der Waals surface area contributed by atoms with E-state index in [1.165, 1.54) is 0 Å². The van der Waals surface area contributed by atoms with Crippen molar-refractivity contribution in [3.05, 3.63) is 52.4 Å². The number of nitrogens with one attached hydrogen (secondary N) is 1. The van der Waals surface area contributed by atoms with Crippen LogP contribution < -0.4 is 5.32 Å². The van der Waals surface area contributed by atoms with Crippen molar-refractivity contribution in [1.29, 1.82) is 0 Å². The summed E-state index contributed by atoms with van der Waals surface area (Å²) in [4.78, 5) is 25.6. The van der Waals surface area contributed by atoms with Gasteiger partial charge in [-0.05, 0) is 44.4 Å². The second-order valence-corrected chi connectivity index (χ2v) is 6.69. The van der Waals surface area contributed by atoms with Crippen LogP contribution in [0.1, 0.15) is 44.6 Å². The third-order valence-corrected chi connectivity index (χ3v) is 4.86. The first kappa shape index (κ1) is 19.2. The number of allylic oxidation sites excluding steroid dienone is 3. The number of ether oxygens (including phenoxy) is 2. The summed E-state index contributed by atoms with van der Waals surface area (Å²) in [5.41, 5.74) is 3.26. The van der Waals surface area contributed by atoms with E-state index in [0.717, 1.165) is 18.5 Å². The molecule has 1 atom stereocenters. The molecule has 0 amide bonds. The minimum absolute atomic E-state index is 0.0317. The predicted molar refractivity (Wildman–Crippen MR) is 100 cm³/mol. The number of hydrogen-bond donors (Lipinski definition) is 2. The largest absolute Gasteiger partial charge is 0.508 e. The van der Waals surface area contributed by atoms with Crippen LogP contribution >= 0.6 is 0 Å². The molecule has 0 saturated carbocycles. The van der Waals surface area contributed by atoms with Crippen LogP contribution in [0.25, 0.3) is 0 Å². The lowest BCUT2D eigenvalue weighted by atomic mass is 9.75. The molecule has 2 N–H and O–H groups in total. The number of benzene rings is 1. The molecule has 1 aromatic rings. The van der Waals surface area contributed by atoms with Gasteiger partial charge in [-0.15, -0.1) is 0 Å². The lowest BCUT2D eigenvalue weighted by Crippen LogP contribution is -2.34. The minimum atomic E-state index is -0.541. The normalized spacial score (nSPS) is 19.6.